The van der Waals surface area contributed by atoms with Gasteiger partial charge in [-0.1, -0.05) is 36.4 Å². The van der Waals surface area contributed by atoms with Crippen LogP contribution in [0.5, 0.6) is 5.88 Å². The highest BCUT2D eigenvalue weighted by molar-refractivity contribution is 5.88. The van der Waals surface area contributed by atoms with Crippen molar-refractivity contribution in [3.8, 4) is 11.6 Å². The largest absolute Gasteiger partial charge is 0.471 e. The lowest BCUT2D eigenvalue weighted by Crippen LogP contribution is -2.17. The molecule has 0 fully saturated rings. The minimum absolute atomic E-state index is 0.0898. The third kappa shape index (κ3) is 4.55. The number of hydrogen-bond acceptors (Lipinski definition) is 4. The fourth-order valence-electron chi connectivity index (χ4n) is 3.43. The summed E-state index contributed by atoms with van der Waals surface area (Å²) in [6, 6.07) is 12.7. The third-order valence-corrected chi connectivity index (χ3v) is 4.70. The molecule has 1 N–H and O–H groups in total. The topological polar surface area (TPSA) is 56.1 Å². The zero-order valence-electron chi connectivity index (χ0n) is 16.9. The van der Waals surface area contributed by atoms with Crippen molar-refractivity contribution in [2.45, 2.75) is 19.8 Å². The van der Waals surface area contributed by atoms with Gasteiger partial charge in [-0.25, -0.2) is 13.8 Å². The molecule has 1 aliphatic carbocycles. The van der Waals surface area contributed by atoms with Crippen molar-refractivity contribution in [3.05, 3.63) is 94.5 Å². The summed E-state index contributed by atoms with van der Waals surface area (Å²) < 4.78 is 32.6. The van der Waals surface area contributed by atoms with E-state index in [0.717, 1.165) is 17.8 Å². The molecule has 0 spiro atoms. The standard InChI is InChI=1S/C24H21F2N3O2/c1-16-13-19-23(24(27-16)31-15-21(25)26)20(30)14-22(28-17-9-5-2-3-6-10-17)29(19)18-11-7-4-8-12-18/h2,4-14,21,28H,3,15H2,1H3. The summed E-state index contributed by atoms with van der Waals surface area (Å²) in [7, 11) is 0. The SMILES string of the molecule is Cc1cc2c(c(OCC(F)F)n1)c(=O)cc(NC1=CC=CCC=C1)n2-c1ccccc1. The lowest BCUT2D eigenvalue weighted by Gasteiger charge is -2.20. The van der Waals surface area contributed by atoms with Crippen molar-refractivity contribution in [3.63, 3.8) is 0 Å². The number of ether oxygens (including phenoxy) is 1. The molecule has 4 rings (SSSR count). The summed E-state index contributed by atoms with van der Waals surface area (Å²) in [4.78, 5) is 17.3. The Bertz CT molecular complexity index is 1250. The number of nitrogens with zero attached hydrogens (tertiary/aromatic N) is 2. The second-order valence-electron chi connectivity index (χ2n) is 7.04. The van der Waals surface area contributed by atoms with Gasteiger partial charge in [-0.05, 0) is 43.7 Å². The van der Waals surface area contributed by atoms with Crippen molar-refractivity contribution in [2.24, 2.45) is 0 Å². The highest BCUT2D eigenvalue weighted by atomic mass is 19.3. The number of fused-ring (bicyclic) bond motifs is 1. The van der Waals surface area contributed by atoms with Crippen LogP contribution in [0.3, 0.4) is 0 Å². The summed E-state index contributed by atoms with van der Waals surface area (Å²) in [6.07, 6.45) is 7.99. The highest BCUT2D eigenvalue weighted by Gasteiger charge is 2.18. The molecule has 5 nitrogen and oxygen atoms in total. The van der Waals surface area contributed by atoms with E-state index in [1.807, 2.05) is 65.3 Å². The van der Waals surface area contributed by atoms with Crippen LogP contribution in [-0.2, 0) is 0 Å². The molecule has 1 aliphatic rings. The van der Waals surface area contributed by atoms with E-state index in [-0.39, 0.29) is 16.7 Å². The van der Waals surface area contributed by atoms with Gasteiger partial charge in [0.15, 0.2) is 12.0 Å². The molecule has 0 aliphatic heterocycles. The van der Waals surface area contributed by atoms with Crippen molar-refractivity contribution in [2.75, 3.05) is 11.9 Å². The van der Waals surface area contributed by atoms with Crippen LogP contribution in [0.2, 0.25) is 0 Å². The first-order valence-corrected chi connectivity index (χ1v) is 9.87. The minimum atomic E-state index is -2.67. The smallest absolute Gasteiger partial charge is 0.272 e. The molecular weight excluding hydrogens is 400 g/mol. The molecule has 0 saturated carbocycles. The highest BCUT2D eigenvalue weighted by Crippen LogP contribution is 2.29. The van der Waals surface area contributed by atoms with E-state index in [1.54, 1.807) is 13.0 Å². The van der Waals surface area contributed by atoms with Crippen LogP contribution in [0.25, 0.3) is 16.6 Å². The normalized spacial score (nSPS) is 13.4. The number of pyridine rings is 2. The van der Waals surface area contributed by atoms with E-state index >= 15 is 0 Å². The van der Waals surface area contributed by atoms with Gasteiger partial charge in [-0.3, -0.25) is 9.36 Å². The van der Waals surface area contributed by atoms with Crippen molar-refractivity contribution < 1.29 is 13.5 Å². The summed E-state index contributed by atoms with van der Waals surface area (Å²) >= 11 is 0. The number of benzene rings is 1. The number of alkyl halides is 2. The maximum Gasteiger partial charge on any atom is 0.272 e. The fourth-order valence-corrected chi connectivity index (χ4v) is 3.43. The van der Waals surface area contributed by atoms with Gasteiger partial charge in [-0.2, -0.15) is 0 Å². The first-order valence-electron chi connectivity index (χ1n) is 9.87. The van der Waals surface area contributed by atoms with E-state index in [2.05, 4.69) is 10.3 Å². The van der Waals surface area contributed by atoms with Gasteiger partial charge >= 0.3 is 0 Å². The number of para-hydroxylation sites is 1. The second kappa shape index (κ2) is 8.95. The molecule has 0 saturated heterocycles. The molecule has 2 heterocycles. The molecule has 31 heavy (non-hydrogen) atoms. The summed E-state index contributed by atoms with van der Waals surface area (Å²) in [5.41, 5.74) is 2.32. The average molecular weight is 421 g/mol. The number of hydrogen-bond donors (Lipinski definition) is 1. The third-order valence-electron chi connectivity index (χ3n) is 4.70. The Hall–Kier alpha value is -3.74. The Kier molecular flexibility index (Phi) is 5.93. The first kappa shape index (κ1) is 20.5. The van der Waals surface area contributed by atoms with Crippen LogP contribution >= 0.6 is 0 Å². The number of aromatic nitrogens is 2. The number of halogens is 2. The summed E-state index contributed by atoms with van der Waals surface area (Å²) in [5.74, 6) is 0.452. The Morgan fingerprint density at radius 1 is 1.19 bits per heavy atom. The fraction of sp³-hybridized carbons (Fsp3) is 0.167. The molecule has 2 aromatic heterocycles. The molecule has 158 valence electrons. The van der Waals surface area contributed by atoms with E-state index in [9.17, 15) is 13.6 Å². The Balaban J connectivity index is 1.97. The van der Waals surface area contributed by atoms with Crippen LogP contribution in [0.15, 0.2) is 83.3 Å². The molecule has 0 bridgehead atoms. The molecule has 1 aromatic carbocycles. The van der Waals surface area contributed by atoms with Crippen LogP contribution < -0.4 is 15.5 Å². The van der Waals surface area contributed by atoms with Gasteiger partial charge in [0.05, 0.1) is 5.52 Å². The lowest BCUT2D eigenvalue weighted by molar-refractivity contribution is 0.0803. The number of rotatable bonds is 6. The van der Waals surface area contributed by atoms with Gasteiger partial charge in [-0.15, -0.1) is 0 Å². The average Bonchev–Trinajstić information content (AvgIpc) is 3.01. The van der Waals surface area contributed by atoms with Gasteiger partial charge in [0, 0.05) is 23.1 Å². The zero-order valence-corrected chi connectivity index (χ0v) is 16.9. The Morgan fingerprint density at radius 3 is 2.77 bits per heavy atom. The molecule has 0 atom stereocenters. The maximum absolute atomic E-state index is 13.1. The Labute approximate surface area is 178 Å². The van der Waals surface area contributed by atoms with Gasteiger partial charge in [0.2, 0.25) is 5.88 Å². The molecule has 0 amide bonds. The molecular formula is C24H21F2N3O2. The zero-order chi connectivity index (χ0) is 21.8. The van der Waals surface area contributed by atoms with E-state index in [0.29, 0.717) is 17.0 Å². The number of anilines is 1. The molecule has 0 radical (unpaired) electrons. The van der Waals surface area contributed by atoms with E-state index in [1.165, 1.54) is 6.07 Å². The summed E-state index contributed by atoms with van der Waals surface area (Å²) in [5, 5.41) is 3.47. The second-order valence-corrected chi connectivity index (χ2v) is 7.04. The van der Waals surface area contributed by atoms with Crippen molar-refractivity contribution in [1.29, 1.82) is 0 Å². The molecule has 0 unspecified atom stereocenters. The Morgan fingerprint density at radius 2 is 2.00 bits per heavy atom. The summed E-state index contributed by atoms with van der Waals surface area (Å²) in [6.45, 7) is 0.899. The van der Waals surface area contributed by atoms with E-state index in [4.69, 9.17) is 4.74 Å². The quantitative estimate of drug-likeness (QED) is 0.598. The van der Waals surface area contributed by atoms with Crippen molar-refractivity contribution in [1.82, 2.24) is 9.55 Å². The maximum atomic E-state index is 13.1. The van der Waals surface area contributed by atoms with E-state index < -0.39 is 13.0 Å². The van der Waals surface area contributed by atoms with Crippen LogP contribution in [0.4, 0.5) is 14.6 Å². The monoisotopic (exact) mass is 421 g/mol. The molecule has 7 heteroatoms. The predicted molar refractivity (Wildman–Crippen MR) is 118 cm³/mol. The number of allylic oxidation sites excluding steroid dienone is 5. The van der Waals surface area contributed by atoms with Crippen molar-refractivity contribution >= 4 is 16.7 Å². The van der Waals surface area contributed by atoms with Gasteiger partial charge in [0.25, 0.3) is 6.43 Å². The van der Waals surface area contributed by atoms with Gasteiger partial charge < -0.3 is 10.1 Å². The predicted octanol–water partition coefficient (Wildman–Crippen LogP) is 5.15. The number of aryl methyl sites for hydroxylation is 1. The van der Waals surface area contributed by atoms with Crippen LogP contribution in [-0.4, -0.2) is 22.6 Å². The number of nitrogens with one attached hydrogen (secondary N) is 1. The lowest BCUT2D eigenvalue weighted by atomic mass is 10.2. The minimum Gasteiger partial charge on any atom is -0.471 e. The first-order chi connectivity index (χ1) is 15.0. The van der Waals surface area contributed by atoms with Crippen LogP contribution in [0.1, 0.15) is 12.1 Å². The van der Waals surface area contributed by atoms with Crippen LogP contribution in [0, 0.1) is 6.92 Å². The van der Waals surface area contributed by atoms with Gasteiger partial charge in [0.1, 0.15) is 11.2 Å². The molecule has 3 aromatic rings.